The van der Waals surface area contributed by atoms with Crippen LogP contribution in [0.3, 0.4) is 0 Å². The number of rotatable bonds is 4. The first kappa shape index (κ1) is 12.7. The number of methoxy groups -OCH3 is 1. The molecule has 1 aliphatic rings. The summed E-state index contributed by atoms with van der Waals surface area (Å²) in [6, 6.07) is 0. The molecular weight excluding hydrogens is 206 g/mol. The van der Waals surface area contributed by atoms with Crippen LogP contribution in [-0.2, 0) is 14.3 Å². The van der Waals surface area contributed by atoms with Crippen LogP contribution < -0.4 is 0 Å². The van der Waals surface area contributed by atoms with Crippen LogP contribution in [0.5, 0.6) is 0 Å². The highest BCUT2D eigenvalue weighted by Crippen LogP contribution is 2.16. The van der Waals surface area contributed by atoms with Gasteiger partial charge < -0.3 is 9.64 Å². The van der Waals surface area contributed by atoms with Gasteiger partial charge in [0.2, 0.25) is 5.91 Å². The lowest BCUT2D eigenvalue weighted by Gasteiger charge is -2.14. The van der Waals surface area contributed by atoms with Gasteiger partial charge in [0, 0.05) is 25.1 Å². The van der Waals surface area contributed by atoms with Crippen molar-refractivity contribution in [2.45, 2.75) is 26.7 Å². The van der Waals surface area contributed by atoms with Gasteiger partial charge in [-0.05, 0) is 12.3 Å². The normalized spacial score (nSPS) is 21.4. The highest BCUT2D eigenvalue weighted by Gasteiger charge is 2.25. The number of carbonyl (C=O) groups is 2. The Hall–Kier alpha value is -1.32. The molecule has 1 unspecified atom stereocenters. The molecule has 0 aromatic carbocycles. The Morgan fingerprint density at radius 1 is 1.62 bits per heavy atom. The quantitative estimate of drug-likeness (QED) is 0.536. The van der Waals surface area contributed by atoms with Gasteiger partial charge in [0.25, 0.3) is 0 Å². The molecule has 4 nitrogen and oxygen atoms in total. The molecule has 1 saturated heterocycles. The predicted molar refractivity (Wildman–Crippen MR) is 60.8 cm³/mol. The van der Waals surface area contributed by atoms with E-state index in [1.165, 1.54) is 7.11 Å². The van der Waals surface area contributed by atoms with E-state index in [1.54, 1.807) is 11.0 Å². The van der Waals surface area contributed by atoms with Crippen molar-refractivity contribution < 1.29 is 14.3 Å². The molecule has 0 aromatic rings. The van der Waals surface area contributed by atoms with Crippen molar-refractivity contribution in [1.29, 1.82) is 0 Å². The minimum Gasteiger partial charge on any atom is -0.466 e. The van der Waals surface area contributed by atoms with Gasteiger partial charge >= 0.3 is 5.97 Å². The first-order chi connectivity index (χ1) is 7.58. The molecule has 1 atom stereocenters. The van der Waals surface area contributed by atoms with Gasteiger partial charge in [-0.2, -0.15) is 0 Å². The molecule has 4 heteroatoms. The Bertz CT molecular complexity index is 309. The summed E-state index contributed by atoms with van der Waals surface area (Å²) in [5.41, 5.74) is 0.634. The smallest absolute Gasteiger partial charge is 0.333 e. The van der Waals surface area contributed by atoms with Gasteiger partial charge in [-0.1, -0.05) is 19.9 Å². The molecule has 16 heavy (non-hydrogen) atoms. The van der Waals surface area contributed by atoms with Crippen LogP contribution in [0.15, 0.2) is 11.6 Å². The first-order valence-electron chi connectivity index (χ1n) is 5.63. The second-order valence-corrected chi connectivity index (χ2v) is 4.18. The van der Waals surface area contributed by atoms with Crippen molar-refractivity contribution in [1.82, 2.24) is 4.90 Å². The molecule has 1 rings (SSSR count). The Kier molecular flexibility index (Phi) is 4.52. The third-order valence-electron chi connectivity index (χ3n) is 2.79. The Labute approximate surface area is 96.3 Å². The fourth-order valence-electron chi connectivity index (χ4n) is 1.87. The van der Waals surface area contributed by atoms with Crippen molar-refractivity contribution in [3.63, 3.8) is 0 Å². The molecule has 1 heterocycles. The lowest BCUT2D eigenvalue weighted by atomic mass is 10.2. The molecular formula is C12H19NO3. The Balaban J connectivity index is 2.57. The third-order valence-corrected chi connectivity index (χ3v) is 2.79. The van der Waals surface area contributed by atoms with E-state index in [-0.39, 0.29) is 11.9 Å². The topological polar surface area (TPSA) is 46.6 Å². The number of carbonyl (C=O) groups excluding carboxylic acids is 2. The molecule has 90 valence electrons. The van der Waals surface area contributed by atoms with Crippen molar-refractivity contribution >= 4 is 11.9 Å². The third kappa shape index (κ3) is 3.08. The average Bonchev–Trinajstić information content (AvgIpc) is 2.58. The standard InChI is InChI=1S/C12H19NO3/c1-4-10(12(15)16-3)5-6-13-8-9(2)7-11(13)14/h5,9H,4,6-8H2,1-3H3. The molecule has 0 spiro atoms. The van der Waals surface area contributed by atoms with Gasteiger partial charge in [-0.15, -0.1) is 0 Å². The molecule has 0 saturated carbocycles. The summed E-state index contributed by atoms with van der Waals surface area (Å²) >= 11 is 0. The van der Waals surface area contributed by atoms with E-state index in [1.807, 2.05) is 6.92 Å². The maximum absolute atomic E-state index is 11.5. The van der Waals surface area contributed by atoms with Gasteiger partial charge in [0.15, 0.2) is 0 Å². The van der Waals surface area contributed by atoms with Crippen LogP contribution in [0, 0.1) is 5.92 Å². The molecule has 1 amide bonds. The summed E-state index contributed by atoms with van der Waals surface area (Å²) in [4.78, 5) is 24.6. The van der Waals surface area contributed by atoms with Gasteiger partial charge in [0.05, 0.1) is 7.11 Å². The molecule has 0 radical (unpaired) electrons. The summed E-state index contributed by atoms with van der Waals surface area (Å²) in [7, 11) is 1.37. The Morgan fingerprint density at radius 2 is 2.31 bits per heavy atom. The van der Waals surface area contributed by atoms with E-state index < -0.39 is 0 Å². The van der Waals surface area contributed by atoms with Crippen molar-refractivity contribution in [2.75, 3.05) is 20.2 Å². The van der Waals surface area contributed by atoms with Crippen LogP contribution in [-0.4, -0.2) is 37.0 Å². The molecule has 0 aliphatic carbocycles. The Morgan fingerprint density at radius 3 is 2.75 bits per heavy atom. The lowest BCUT2D eigenvalue weighted by Crippen LogP contribution is -2.25. The number of hydrogen-bond acceptors (Lipinski definition) is 3. The molecule has 0 bridgehead atoms. The number of amides is 1. The first-order valence-corrected chi connectivity index (χ1v) is 5.63. The number of nitrogens with zero attached hydrogens (tertiary/aromatic N) is 1. The molecule has 1 fully saturated rings. The van der Waals surface area contributed by atoms with E-state index in [2.05, 4.69) is 11.7 Å². The predicted octanol–water partition coefficient (Wildman–Crippen LogP) is 1.36. The fraction of sp³-hybridized carbons (Fsp3) is 0.667. The monoisotopic (exact) mass is 225 g/mol. The van der Waals surface area contributed by atoms with Crippen molar-refractivity contribution in [3.8, 4) is 0 Å². The van der Waals surface area contributed by atoms with Crippen LogP contribution in [0.1, 0.15) is 26.7 Å². The van der Waals surface area contributed by atoms with Crippen LogP contribution >= 0.6 is 0 Å². The second-order valence-electron chi connectivity index (χ2n) is 4.18. The highest BCUT2D eigenvalue weighted by atomic mass is 16.5. The fourth-order valence-corrected chi connectivity index (χ4v) is 1.87. The minimum absolute atomic E-state index is 0.170. The highest BCUT2D eigenvalue weighted by molar-refractivity contribution is 5.88. The van der Waals surface area contributed by atoms with Crippen LogP contribution in [0.25, 0.3) is 0 Å². The maximum Gasteiger partial charge on any atom is 0.333 e. The number of esters is 1. The summed E-state index contributed by atoms with van der Waals surface area (Å²) in [5, 5.41) is 0. The van der Waals surface area contributed by atoms with E-state index in [9.17, 15) is 9.59 Å². The van der Waals surface area contributed by atoms with E-state index in [0.29, 0.717) is 30.9 Å². The second kappa shape index (κ2) is 5.68. The minimum atomic E-state index is -0.304. The summed E-state index contributed by atoms with van der Waals surface area (Å²) in [5.74, 6) is 0.287. The van der Waals surface area contributed by atoms with E-state index in [0.717, 1.165) is 6.54 Å². The van der Waals surface area contributed by atoms with Gasteiger partial charge in [-0.25, -0.2) is 4.79 Å². The van der Waals surface area contributed by atoms with Crippen LogP contribution in [0.4, 0.5) is 0 Å². The maximum atomic E-state index is 11.5. The van der Waals surface area contributed by atoms with E-state index in [4.69, 9.17) is 0 Å². The molecule has 0 N–H and O–H groups in total. The summed E-state index contributed by atoms with van der Waals surface area (Å²) in [6.07, 6.45) is 3.04. The van der Waals surface area contributed by atoms with Crippen LogP contribution in [0.2, 0.25) is 0 Å². The van der Waals surface area contributed by atoms with Crippen molar-refractivity contribution in [2.24, 2.45) is 5.92 Å². The van der Waals surface area contributed by atoms with Gasteiger partial charge in [-0.3, -0.25) is 4.79 Å². The van der Waals surface area contributed by atoms with E-state index >= 15 is 0 Å². The zero-order valence-corrected chi connectivity index (χ0v) is 10.2. The zero-order valence-electron chi connectivity index (χ0n) is 10.2. The zero-order chi connectivity index (χ0) is 12.1. The number of likely N-dealkylation sites (tertiary alicyclic amines) is 1. The van der Waals surface area contributed by atoms with Gasteiger partial charge in [0.1, 0.15) is 0 Å². The van der Waals surface area contributed by atoms with Crippen molar-refractivity contribution in [3.05, 3.63) is 11.6 Å². The summed E-state index contributed by atoms with van der Waals surface area (Å²) < 4.78 is 4.66. The SMILES string of the molecule is CCC(=CCN1CC(C)CC1=O)C(=O)OC. The molecule has 0 aromatic heterocycles. The largest absolute Gasteiger partial charge is 0.466 e. The summed E-state index contributed by atoms with van der Waals surface area (Å²) in [6.45, 7) is 5.26. The molecule has 1 aliphatic heterocycles. The number of ether oxygens (including phenoxy) is 1. The lowest BCUT2D eigenvalue weighted by molar-refractivity contribution is -0.136. The average molecular weight is 225 g/mol. The number of hydrogen-bond donors (Lipinski definition) is 0.